The van der Waals surface area contributed by atoms with Gasteiger partial charge in [-0.2, -0.15) is 0 Å². The fraction of sp³-hybridized carbons (Fsp3) is 0. The third-order valence-electron chi connectivity index (χ3n) is 7.46. The van der Waals surface area contributed by atoms with Gasteiger partial charge in [0.2, 0.25) is 0 Å². The molecule has 0 amide bonds. The summed E-state index contributed by atoms with van der Waals surface area (Å²) in [5.41, 5.74) is 5.74. The van der Waals surface area contributed by atoms with Crippen LogP contribution in [-0.4, -0.2) is 9.32 Å². The molecule has 0 aliphatic rings. The number of non-ortho nitro benzene ring substituents is 1. The Morgan fingerprint density at radius 2 is 1.05 bits per heavy atom. The van der Waals surface area contributed by atoms with Crippen LogP contribution in [0.2, 0.25) is 0 Å². The molecule has 5 nitrogen and oxygen atoms in total. The normalized spacial score (nSPS) is 11.3. The van der Waals surface area contributed by atoms with Gasteiger partial charge in [0.25, 0.3) is 11.2 Å². The first kappa shape index (κ1) is 23.6. The quantitative estimate of drug-likeness (QED) is 0.102. The molecule has 0 bridgehead atoms. The zero-order valence-electron chi connectivity index (χ0n) is 21.3. The fourth-order valence-corrected chi connectivity index (χ4v) is 5.78. The Labute approximate surface area is 229 Å². The first-order chi connectivity index (χ1) is 19.6. The summed E-state index contributed by atoms with van der Waals surface area (Å²) in [7, 11) is 0. The van der Waals surface area contributed by atoms with Crippen LogP contribution in [0, 0.1) is 10.1 Å². The van der Waals surface area contributed by atoms with E-state index in [-0.39, 0.29) is 11.2 Å². The highest BCUT2D eigenvalue weighted by Crippen LogP contribution is 2.44. The number of nitro groups is 1. The van der Waals surface area contributed by atoms with Gasteiger partial charge in [-0.25, -0.2) is 0 Å². The molecular weight excluding hydrogens is 496 g/mol. The number of hydrogen-bond acceptors (Lipinski definition) is 3. The summed E-state index contributed by atoms with van der Waals surface area (Å²) in [4.78, 5) is 26.0. The number of nitrogens with zero attached hydrogens (tertiary/aromatic N) is 2. The second-order valence-electron chi connectivity index (χ2n) is 9.72. The molecule has 0 unspecified atom stereocenters. The molecule has 7 aromatic rings. The standard InChI is InChI=1S/C35H22N2O3/c38-35-29-21-20-26(37(39)40)22-30(29)32(24-14-6-2-7-15-24)34-28-19-11-10-18-27(28)31(23-12-4-1-5-13-23)33(36(34)35)25-16-8-3-9-17-25/h1-22H. The molecule has 0 saturated heterocycles. The second kappa shape index (κ2) is 9.33. The van der Waals surface area contributed by atoms with E-state index in [0.717, 1.165) is 49.8 Å². The molecule has 2 aromatic heterocycles. The predicted octanol–water partition coefficient (Wildman–Crippen LogP) is 8.52. The Kier molecular flexibility index (Phi) is 5.49. The molecule has 0 aliphatic heterocycles. The summed E-state index contributed by atoms with van der Waals surface area (Å²) < 4.78 is 1.82. The lowest BCUT2D eigenvalue weighted by atomic mass is 9.89. The van der Waals surface area contributed by atoms with Crippen LogP contribution in [0.15, 0.2) is 138 Å². The number of benzene rings is 5. The van der Waals surface area contributed by atoms with Crippen molar-refractivity contribution < 1.29 is 4.92 Å². The highest BCUT2D eigenvalue weighted by Gasteiger charge is 2.24. The SMILES string of the molecule is O=c1c2ccc([N+](=O)[O-])cc2c(-c2ccccc2)c2c3ccccc3c(-c3ccccc3)c(-c3ccccc3)n12. The average molecular weight is 519 g/mol. The third-order valence-corrected chi connectivity index (χ3v) is 7.46. The molecule has 0 radical (unpaired) electrons. The number of rotatable bonds is 4. The first-order valence-corrected chi connectivity index (χ1v) is 13.0. The zero-order chi connectivity index (χ0) is 27.2. The summed E-state index contributed by atoms with van der Waals surface area (Å²) >= 11 is 0. The number of nitro benzene ring substituents is 1. The lowest BCUT2D eigenvalue weighted by Gasteiger charge is -2.22. The van der Waals surface area contributed by atoms with Crippen LogP contribution in [0.4, 0.5) is 5.69 Å². The number of fused-ring (bicyclic) bond motifs is 4. The van der Waals surface area contributed by atoms with Crippen LogP contribution in [0.5, 0.6) is 0 Å². The van der Waals surface area contributed by atoms with Crippen LogP contribution in [0.1, 0.15) is 0 Å². The lowest BCUT2D eigenvalue weighted by Crippen LogP contribution is -2.18. The molecule has 7 rings (SSSR count). The molecule has 0 N–H and O–H groups in total. The molecular formula is C35H22N2O3. The Morgan fingerprint density at radius 1 is 0.525 bits per heavy atom. The molecule has 0 aliphatic carbocycles. The Hall–Kier alpha value is -5.55. The molecule has 5 aromatic carbocycles. The van der Waals surface area contributed by atoms with Crippen molar-refractivity contribution in [3.63, 3.8) is 0 Å². The van der Waals surface area contributed by atoms with Gasteiger partial charge in [0.15, 0.2) is 0 Å². The van der Waals surface area contributed by atoms with Gasteiger partial charge in [-0.15, -0.1) is 0 Å². The maximum Gasteiger partial charge on any atom is 0.270 e. The molecule has 0 spiro atoms. The summed E-state index contributed by atoms with van der Waals surface area (Å²) in [6.45, 7) is 0. The van der Waals surface area contributed by atoms with Crippen LogP contribution in [0.3, 0.4) is 0 Å². The topological polar surface area (TPSA) is 64.6 Å². The molecule has 2 heterocycles. The van der Waals surface area contributed by atoms with Crippen LogP contribution >= 0.6 is 0 Å². The Morgan fingerprint density at radius 3 is 1.65 bits per heavy atom. The van der Waals surface area contributed by atoms with Crippen LogP contribution in [0.25, 0.3) is 60.6 Å². The smallest absolute Gasteiger partial charge is 0.270 e. The maximum absolute atomic E-state index is 14.6. The van der Waals surface area contributed by atoms with Crippen molar-refractivity contribution in [1.82, 2.24) is 4.40 Å². The predicted molar refractivity (Wildman–Crippen MR) is 162 cm³/mol. The van der Waals surface area contributed by atoms with Gasteiger partial charge in [-0.1, -0.05) is 115 Å². The minimum absolute atomic E-state index is 0.0538. The van der Waals surface area contributed by atoms with E-state index in [1.165, 1.54) is 12.1 Å². The lowest BCUT2D eigenvalue weighted by molar-refractivity contribution is -0.384. The molecule has 190 valence electrons. The van der Waals surface area contributed by atoms with E-state index in [0.29, 0.717) is 10.8 Å². The maximum atomic E-state index is 14.6. The summed E-state index contributed by atoms with van der Waals surface area (Å²) in [6.07, 6.45) is 0. The van der Waals surface area contributed by atoms with E-state index < -0.39 is 4.92 Å². The largest absolute Gasteiger partial charge is 0.274 e. The molecule has 40 heavy (non-hydrogen) atoms. The zero-order valence-corrected chi connectivity index (χ0v) is 21.3. The van der Waals surface area contributed by atoms with Gasteiger partial charge in [-0.3, -0.25) is 19.3 Å². The summed E-state index contributed by atoms with van der Waals surface area (Å²) in [6, 6.07) is 42.5. The van der Waals surface area contributed by atoms with E-state index in [4.69, 9.17) is 0 Å². The van der Waals surface area contributed by atoms with Crippen LogP contribution in [-0.2, 0) is 0 Å². The molecule has 0 saturated carbocycles. The number of aromatic nitrogens is 1. The van der Waals surface area contributed by atoms with Gasteiger partial charge in [0.1, 0.15) is 0 Å². The first-order valence-electron chi connectivity index (χ1n) is 13.0. The number of pyridine rings is 2. The molecule has 0 fully saturated rings. The second-order valence-corrected chi connectivity index (χ2v) is 9.72. The van der Waals surface area contributed by atoms with Crippen molar-refractivity contribution in [2.45, 2.75) is 0 Å². The Balaban J connectivity index is 1.84. The summed E-state index contributed by atoms with van der Waals surface area (Å²) in [5.74, 6) is 0. The van der Waals surface area contributed by atoms with E-state index >= 15 is 0 Å². The van der Waals surface area contributed by atoms with Gasteiger partial charge in [-0.05, 0) is 28.1 Å². The van der Waals surface area contributed by atoms with Crippen molar-refractivity contribution in [2.24, 2.45) is 0 Å². The monoisotopic (exact) mass is 518 g/mol. The van der Waals surface area contributed by atoms with Crippen LogP contribution < -0.4 is 5.56 Å². The van der Waals surface area contributed by atoms with Crippen molar-refractivity contribution in [3.8, 4) is 33.5 Å². The summed E-state index contributed by atoms with van der Waals surface area (Å²) in [5, 5.41) is 14.7. The highest BCUT2D eigenvalue weighted by molar-refractivity contribution is 6.17. The van der Waals surface area contributed by atoms with Crippen molar-refractivity contribution in [3.05, 3.63) is 154 Å². The average Bonchev–Trinajstić information content (AvgIpc) is 3.01. The van der Waals surface area contributed by atoms with Crippen molar-refractivity contribution >= 4 is 32.7 Å². The van der Waals surface area contributed by atoms with Gasteiger partial charge >= 0.3 is 0 Å². The van der Waals surface area contributed by atoms with Gasteiger partial charge in [0.05, 0.1) is 16.1 Å². The molecule has 5 heteroatoms. The van der Waals surface area contributed by atoms with Gasteiger partial charge < -0.3 is 0 Å². The van der Waals surface area contributed by atoms with Gasteiger partial charge in [0, 0.05) is 39.4 Å². The van der Waals surface area contributed by atoms with E-state index in [2.05, 4.69) is 18.2 Å². The van der Waals surface area contributed by atoms with E-state index in [1.54, 1.807) is 6.07 Å². The van der Waals surface area contributed by atoms with E-state index in [9.17, 15) is 14.9 Å². The third kappa shape index (κ3) is 3.60. The minimum Gasteiger partial charge on any atom is -0.274 e. The molecule has 0 atom stereocenters. The Bertz CT molecular complexity index is 2140. The number of hydrogen-bond donors (Lipinski definition) is 0. The van der Waals surface area contributed by atoms with Crippen molar-refractivity contribution in [1.29, 1.82) is 0 Å². The minimum atomic E-state index is -0.415. The highest BCUT2D eigenvalue weighted by atomic mass is 16.6. The van der Waals surface area contributed by atoms with E-state index in [1.807, 2.05) is 101 Å². The fourth-order valence-electron chi connectivity index (χ4n) is 5.78. The van der Waals surface area contributed by atoms with Crippen molar-refractivity contribution in [2.75, 3.05) is 0 Å².